The Balaban J connectivity index is 2.14. The monoisotopic (exact) mass is 399 g/mol. The molecule has 0 bridgehead atoms. The van der Waals surface area contributed by atoms with Crippen molar-refractivity contribution in [3.8, 4) is 0 Å². The molecule has 2 rings (SSSR count). The van der Waals surface area contributed by atoms with Crippen LogP contribution in [-0.2, 0) is 23.0 Å². The van der Waals surface area contributed by atoms with Gasteiger partial charge in [-0.3, -0.25) is 4.68 Å². The van der Waals surface area contributed by atoms with Crippen molar-refractivity contribution in [2.24, 2.45) is 0 Å². The van der Waals surface area contributed by atoms with Crippen LogP contribution in [0.1, 0.15) is 23.9 Å². The van der Waals surface area contributed by atoms with Gasteiger partial charge in [0.1, 0.15) is 0 Å². The predicted octanol–water partition coefficient (Wildman–Crippen LogP) is 3.15. The van der Waals surface area contributed by atoms with Crippen molar-refractivity contribution in [1.29, 1.82) is 0 Å². The van der Waals surface area contributed by atoms with Crippen LogP contribution in [0.5, 0.6) is 0 Å². The molecule has 0 unspecified atom stereocenters. The first-order valence-electron chi connectivity index (χ1n) is 7.52. The first-order valence-corrected chi connectivity index (χ1v) is 9.75. The Morgan fingerprint density at radius 3 is 2.35 bits per heavy atom. The smallest absolute Gasteiger partial charge is 0.242 e. The molecule has 1 aromatic carbocycles. The molecular weight excluding hydrogens is 378 g/mol. The molecule has 1 aromatic heterocycles. The normalized spacial score (nSPS) is 12.1. The van der Waals surface area contributed by atoms with E-state index >= 15 is 0 Å². The lowest BCUT2D eigenvalue weighted by Crippen LogP contribution is -2.29. The number of benzene rings is 1. The summed E-state index contributed by atoms with van der Waals surface area (Å²) < 4.78 is 29.4. The van der Waals surface area contributed by atoms with E-state index in [0.717, 1.165) is 28.0 Å². The maximum atomic E-state index is 12.6. The topological polar surface area (TPSA) is 55.2 Å². The molecule has 0 aliphatic rings. The van der Waals surface area contributed by atoms with Crippen LogP contribution >= 0.6 is 15.9 Å². The summed E-state index contributed by atoms with van der Waals surface area (Å²) in [6.45, 7) is 7.29. The standard InChI is InChI=1S/C16H22BrN3O2S/c1-5-20-13(3)16(12(2)18-20)10-11-19(4)23(21,22)15-8-6-14(17)7-9-15/h6-9H,5,10-11H2,1-4H3. The molecule has 0 aliphatic heterocycles. The Bertz CT molecular complexity index is 782. The zero-order valence-electron chi connectivity index (χ0n) is 13.9. The van der Waals surface area contributed by atoms with Crippen molar-refractivity contribution in [3.05, 3.63) is 45.7 Å². The molecule has 0 fully saturated rings. The summed E-state index contributed by atoms with van der Waals surface area (Å²) in [6, 6.07) is 6.70. The molecule has 7 heteroatoms. The van der Waals surface area contributed by atoms with Gasteiger partial charge in [-0.05, 0) is 57.0 Å². The van der Waals surface area contributed by atoms with Crippen molar-refractivity contribution in [1.82, 2.24) is 14.1 Å². The number of aromatic nitrogens is 2. The van der Waals surface area contributed by atoms with Crippen molar-refractivity contribution < 1.29 is 8.42 Å². The second kappa shape index (κ2) is 7.15. The maximum absolute atomic E-state index is 12.6. The van der Waals surface area contributed by atoms with Crippen LogP contribution in [0, 0.1) is 13.8 Å². The van der Waals surface area contributed by atoms with Gasteiger partial charge in [-0.1, -0.05) is 15.9 Å². The summed E-state index contributed by atoms with van der Waals surface area (Å²) in [5, 5.41) is 4.48. The Morgan fingerprint density at radius 1 is 1.22 bits per heavy atom. The lowest BCUT2D eigenvalue weighted by molar-refractivity contribution is 0.472. The SMILES string of the molecule is CCn1nc(C)c(CCN(C)S(=O)(=O)c2ccc(Br)cc2)c1C. The van der Waals surface area contributed by atoms with Crippen LogP contribution < -0.4 is 0 Å². The van der Waals surface area contributed by atoms with E-state index in [2.05, 4.69) is 21.0 Å². The summed E-state index contributed by atoms with van der Waals surface area (Å²) in [5.74, 6) is 0. The average Bonchev–Trinajstić information content (AvgIpc) is 2.79. The fourth-order valence-corrected chi connectivity index (χ4v) is 4.02. The first kappa shape index (κ1) is 18.2. The van der Waals surface area contributed by atoms with E-state index in [1.54, 1.807) is 31.3 Å². The summed E-state index contributed by atoms with van der Waals surface area (Å²) in [7, 11) is -1.85. The lowest BCUT2D eigenvalue weighted by Gasteiger charge is -2.17. The zero-order chi connectivity index (χ0) is 17.2. The van der Waals surface area contributed by atoms with E-state index in [1.807, 2.05) is 25.5 Å². The number of halogens is 1. The quantitative estimate of drug-likeness (QED) is 0.749. The molecule has 126 valence electrons. The van der Waals surface area contributed by atoms with E-state index in [0.29, 0.717) is 17.9 Å². The molecule has 2 aromatic rings. The molecule has 0 atom stereocenters. The average molecular weight is 400 g/mol. The van der Waals surface area contributed by atoms with Gasteiger partial charge >= 0.3 is 0 Å². The van der Waals surface area contributed by atoms with Crippen LogP contribution in [0.25, 0.3) is 0 Å². The highest BCUT2D eigenvalue weighted by atomic mass is 79.9. The van der Waals surface area contributed by atoms with E-state index < -0.39 is 10.0 Å². The minimum Gasteiger partial charge on any atom is -0.270 e. The number of sulfonamides is 1. The van der Waals surface area contributed by atoms with Crippen LogP contribution in [0.4, 0.5) is 0 Å². The Hall–Kier alpha value is -1.18. The molecule has 0 spiro atoms. The summed E-state index contributed by atoms with van der Waals surface area (Å²) >= 11 is 3.32. The molecule has 0 radical (unpaired) electrons. The third-order valence-corrected chi connectivity index (χ3v) is 6.43. The van der Waals surface area contributed by atoms with Gasteiger partial charge in [0.15, 0.2) is 0 Å². The maximum Gasteiger partial charge on any atom is 0.242 e. The van der Waals surface area contributed by atoms with Crippen molar-refractivity contribution in [3.63, 3.8) is 0 Å². The number of rotatable bonds is 6. The van der Waals surface area contributed by atoms with E-state index in [4.69, 9.17) is 0 Å². The molecule has 1 heterocycles. The lowest BCUT2D eigenvalue weighted by atomic mass is 10.1. The van der Waals surface area contributed by atoms with Crippen LogP contribution in [-0.4, -0.2) is 36.1 Å². The van der Waals surface area contributed by atoms with Gasteiger partial charge < -0.3 is 0 Å². The van der Waals surface area contributed by atoms with Gasteiger partial charge in [-0.25, -0.2) is 12.7 Å². The fourth-order valence-electron chi connectivity index (χ4n) is 2.58. The number of hydrogen-bond donors (Lipinski definition) is 0. The van der Waals surface area contributed by atoms with Gasteiger partial charge in [0.2, 0.25) is 10.0 Å². The third-order valence-electron chi connectivity index (χ3n) is 4.03. The summed E-state index contributed by atoms with van der Waals surface area (Å²) in [4.78, 5) is 0.306. The zero-order valence-corrected chi connectivity index (χ0v) is 16.3. The van der Waals surface area contributed by atoms with E-state index in [1.165, 1.54) is 4.31 Å². The van der Waals surface area contributed by atoms with Crippen LogP contribution in [0.2, 0.25) is 0 Å². The van der Waals surface area contributed by atoms with Gasteiger partial charge in [0, 0.05) is 30.3 Å². The molecule has 0 amide bonds. The van der Waals surface area contributed by atoms with E-state index in [-0.39, 0.29) is 0 Å². The summed E-state index contributed by atoms with van der Waals surface area (Å²) in [5.41, 5.74) is 3.21. The number of nitrogens with zero attached hydrogens (tertiary/aromatic N) is 3. The molecular formula is C16H22BrN3O2S. The molecule has 0 saturated carbocycles. The minimum atomic E-state index is -3.47. The molecule has 5 nitrogen and oxygen atoms in total. The highest BCUT2D eigenvalue weighted by Crippen LogP contribution is 2.19. The van der Waals surface area contributed by atoms with Gasteiger partial charge in [0.25, 0.3) is 0 Å². The highest BCUT2D eigenvalue weighted by Gasteiger charge is 2.21. The van der Waals surface area contributed by atoms with Crippen molar-refractivity contribution in [2.45, 2.75) is 38.6 Å². The van der Waals surface area contributed by atoms with Crippen molar-refractivity contribution >= 4 is 26.0 Å². The first-order chi connectivity index (χ1) is 10.8. The van der Waals surface area contributed by atoms with Gasteiger partial charge in [0.05, 0.1) is 10.6 Å². The number of likely N-dealkylation sites (N-methyl/N-ethyl adjacent to an activating group) is 1. The van der Waals surface area contributed by atoms with Gasteiger partial charge in [-0.2, -0.15) is 5.10 Å². The fraction of sp³-hybridized carbons (Fsp3) is 0.438. The Labute approximate surface area is 146 Å². The van der Waals surface area contributed by atoms with Crippen molar-refractivity contribution in [2.75, 3.05) is 13.6 Å². The van der Waals surface area contributed by atoms with Crippen LogP contribution in [0.3, 0.4) is 0 Å². The number of aryl methyl sites for hydroxylation is 2. The molecule has 0 N–H and O–H groups in total. The van der Waals surface area contributed by atoms with Gasteiger partial charge in [-0.15, -0.1) is 0 Å². The Morgan fingerprint density at radius 2 is 1.83 bits per heavy atom. The molecule has 0 saturated heterocycles. The molecule has 0 aliphatic carbocycles. The van der Waals surface area contributed by atoms with E-state index in [9.17, 15) is 8.42 Å². The predicted molar refractivity (Wildman–Crippen MR) is 95.0 cm³/mol. The molecule has 23 heavy (non-hydrogen) atoms. The largest absolute Gasteiger partial charge is 0.270 e. The van der Waals surface area contributed by atoms with Crippen LogP contribution in [0.15, 0.2) is 33.6 Å². The summed E-state index contributed by atoms with van der Waals surface area (Å²) in [6.07, 6.45) is 0.657. The number of hydrogen-bond acceptors (Lipinski definition) is 3. The second-order valence-corrected chi connectivity index (χ2v) is 8.46. The third kappa shape index (κ3) is 3.84. The second-order valence-electron chi connectivity index (χ2n) is 5.50. The Kier molecular flexibility index (Phi) is 5.65. The highest BCUT2D eigenvalue weighted by molar-refractivity contribution is 9.10. The minimum absolute atomic E-state index is 0.306.